The average Bonchev–Trinajstić information content (AvgIpc) is 3.15. The lowest BCUT2D eigenvalue weighted by Gasteiger charge is -2.10. The summed E-state index contributed by atoms with van der Waals surface area (Å²) < 4.78 is 15.2. The summed E-state index contributed by atoms with van der Waals surface area (Å²) >= 11 is 2.60. The number of carbonyl (C=O) groups is 1. The van der Waals surface area contributed by atoms with E-state index in [1.807, 2.05) is 13.0 Å². The SMILES string of the molecule is C=CCn1c(SCC(=O)Nc2ccccc2F)nc2sc(/C(C)=C/CC)cc2c1=O. The molecule has 2 aromatic heterocycles. The highest BCUT2D eigenvalue weighted by Crippen LogP contribution is 2.29. The molecule has 8 heteroatoms. The van der Waals surface area contributed by atoms with Crippen molar-refractivity contribution in [2.75, 3.05) is 11.1 Å². The minimum absolute atomic E-state index is 0.00355. The molecular formula is C22H22FN3O2S2. The molecule has 3 aromatic rings. The monoisotopic (exact) mass is 443 g/mol. The molecule has 0 aliphatic carbocycles. The zero-order valence-electron chi connectivity index (χ0n) is 16.8. The van der Waals surface area contributed by atoms with Crippen molar-refractivity contribution in [1.82, 2.24) is 9.55 Å². The Morgan fingerprint density at radius 3 is 2.87 bits per heavy atom. The number of fused-ring (bicyclic) bond motifs is 1. The van der Waals surface area contributed by atoms with Crippen LogP contribution in [0.2, 0.25) is 0 Å². The molecule has 3 rings (SSSR count). The fourth-order valence-corrected chi connectivity index (χ4v) is 4.75. The maximum atomic E-state index is 13.7. The minimum Gasteiger partial charge on any atom is -0.323 e. The second-order valence-electron chi connectivity index (χ2n) is 6.54. The van der Waals surface area contributed by atoms with E-state index in [0.29, 0.717) is 15.4 Å². The van der Waals surface area contributed by atoms with Gasteiger partial charge in [0.25, 0.3) is 5.56 Å². The third-order valence-electron chi connectivity index (χ3n) is 4.31. The zero-order chi connectivity index (χ0) is 21.7. The molecule has 0 bridgehead atoms. The van der Waals surface area contributed by atoms with Gasteiger partial charge < -0.3 is 5.32 Å². The van der Waals surface area contributed by atoms with Gasteiger partial charge in [0.05, 0.1) is 16.8 Å². The molecule has 0 spiro atoms. The van der Waals surface area contributed by atoms with Crippen LogP contribution in [0.3, 0.4) is 0 Å². The first-order chi connectivity index (χ1) is 14.4. The number of benzene rings is 1. The number of carbonyl (C=O) groups excluding carboxylic acids is 1. The molecule has 156 valence electrons. The smallest absolute Gasteiger partial charge is 0.263 e. The second-order valence-corrected chi connectivity index (χ2v) is 8.51. The Kier molecular flexibility index (Phi) is 7.23. The molecule has 0 atom stereocenters. The van der Waals surface area contributed by atoms with Crippen molar-refractivity contribution in [2.45, 2.75) is 32.0 Å². The van der Waals surface area contributed by atoms with Crippen LogP contribution in [0, 0.1) is 5.82 Å². The first-order valence-corrected chi connectivity index (χ1v) is 11.2. The van der Waals surface area contributed by atoms with Crippen LogP contribution in [0.25, 0.3) is 15.8 Å². The topological polar surface area (TPSA) is 64.0 Å². The van der Waals surface area contributed by atoms with Crippen LogP contribution in [0.1, 0.15) is 25.1 Å². The summed E-state index contributed by atoms with van der Waals surface area (Å²) in [5.41, 5.74) is 1.06. The number of para-hydroxylation sites is 1. The van der Waals surface area contributed by atoms with Crippen molar-refractivity contribution >= 4 is 50.5 Å². The van der Waals surface area contributed by atoms with Gasteiger partial charge in [0.15, 0.2) is 5.16 Å². The summed E-state index contributed by atoms with van der Waals surface area (Å²) in [5, 5.41) is 3.53. The predicted octanol–water partition coefficient (Wildman–Crippen LogP) is 5.33. The van der Waals surface area contributed by atoms with Crippen molar-refractivity contribution in [2.24, 2.45) is 0 Å². The van der Waals surface area contributed by atoms with E-state index in [-0.39, 0.29) is 29.5 Å². The Bertz CT molecular complexity index is 1180. The molecule has 2 heterocycles. The van der Waals surface area contributed by atoms with Gasteiger partial charge >= 0.3 is 0 Å². The second kappa shape index (κ2) is 9.86. The largest absolute Gasteiger partial charge is 0.323 e. The Balaban J connectivity index is 1.88. The maximum Gasteiger partial charge on any atom is 0.263 e. The molecule has 0 saturated heterocycles. The van der Waals surface area contributed by atoms with Gasteiger partial charge in [-0.1, -0.05) is 43.0 Å². The molecule has 0 radical (unpaired) electrons. The lowest BCUT2D eigenvalue weighted by atomic mass is 10.2. The number of nitrogens with zero attached hydrogens (tertiary/aromatic N) is 2. The van der Waals surface area contributed by atoms with Gasteiger partial charge in [-0.3, -0.25) is 14.2 Å². The molecule has 0 unspecified atom stereocenters. The van der Waals surface area contributed by atoms with Gasteiger partial charge in [-0.2, -0.15) is 0 Å². The Morgan fingerprint density at radius 1 is 1.40 bits per heavy atom. The van der Waals surface area contributed by atoms with Crippen LogP contribution < -0.4 is 10.9 Å². The van der Waals surface area contributed by atoms with Crippen LogP contribution in [-0.2, 0) is 11.3 Å². The summed E-state index contributed by atoms with van der Waals surface area (Å²) in [6.07, 6.45) is 4.63. The highest BCUT2D eigenvalue weighted by molar-refractivity contribution is 7.99. The number of hydrogen-bond donors (Lipinski definition) is 1. The van der Waals surface area contributed by atoms with Crippen molar-refractivity contribution in [1.29, 1.82) is 0 Å². The molecule has 5 nitrogen and oxygen atoms in total. The number of amides is 1. The van der Waals surface area contributed by atoms with E-state index in [1.165, 1.54) is 28.0 Å². The number of thiophene rings is 1. The minimum atomic E-state index is -0.499. The first-order valence-electron chi connectivity index (χ1n) is 9.44. The maximum absolute atomic E-state index is 13.7. The standard InChI is InChI=1S/C22H22FN3O2S2/c1-4-8-14(3)18-12-15-20(30-18)25-22(26(11-5-2)21(15)28)29-13-19(27)24-17-10-7-6-9-16(17)23/h5-10,12H,2,4,11,13H2,1,3H3,(H,24,27)/b14-8+. The molecule has 0 aliphatic rings. The van der Waals surface area contributed by atoms with Crippen molar-refractivity contribution in [3.8, 4) is 0 Å². The lowest BCUT2D eigenvalue weighted by molar-refractivity contribution is -0.113. The van der Waals surface area contributed by atoms with E-state index in [2.05, 4.69) is 29.9 Å². The molecule has 0 fully saturated rings. The van der Waals surface area contributed by atoms with Crippen molar-refractivity contribution < 1.29 is 9.18 Å². The Hall–Kier alpha value is -2.71. The molecule has 1 aromatic carbocycles. The lowest BCUT2D eigenvalue weighted by Crippen LogP contribution is -2.23. The van der Waals surface area contributed by atoms with Gasteiger partial charge in [0.2, 0.25) is 5.91 Å². The highest BCUT2D eigenvalue weighted by Gasteiger charge is 2.16. The number of nitrogens with one attached hydrogen (secondary N) is 1. The van der Waals surface area contributed by atoms with Crippen LogP contribution in [-0.4, -0.2) is 21.2 Å². The number of anilines is 1. The number of aromatic nitrogens is 2. The highest BCUT2D eigenvalue weighted by atomic mass is 32.2. The van der Waals surface area contributed by atoms with Gasteiger partial charge in [0.1, 0.15) is 10.6 Å². The van der Waals surface area contributed by atoms with Gasteiger partial charge in [-0.25, -0.2) is 9.37 Å². The van der Waals surface area contributed by atoms with Crippen molar-refractivity contribution in [3.05, 3.63) is 70.1 Å². The van der Waals surface area contributed by atoms with Crippen LogP contribution in [0.5, 0.6) is 0 Å². The van der Waals surface area contributed by atoms with E-state index < -0.39 is 5.82 Å². The van der Waals surface area contributed by atoms with E-state index in [9.17, 15) is 14.0 Å². The summed E-state index contributed by atoms with van der Waals surface area (Å²) in [5.74, 6) is -0.880. The molecular weight excluding hydrogens is 421 g/mol. The zero-order valence-corrected chi connectivity index (χ0v) is 18.4. The molecule has 30 heavy (non-hydrogen) atoms. The van der Waals surface area contributed by atoms with Crippen molar-refractivity contribution in [3.63, 3.8) is 0 Å². The summed E-state index contributed by atoms with van der Waals surface area (Å²) in [7, 11) is 0. The van der Waals surface area contributed by atoms with E-state index in [0.717, 1.165) is 28.6 Å². The number of allylic oxidation sites excluding steroid dienone is 3. The summed E-state index contributed by atoms with van der Waals surface area (Å²) in [6.45, 7) is 8.07. The third-order valence-corrected chi connectivity index (χ3v) is 6.45. The predicted molar refractivity (Wildman–Crippen MR) is 124 cm³/mol. The van der Waals surface area contributed by atoms with Crippen LogP contribution in [0.15, 0.2) is 59.0 Å². The summed E-state index contributed by atoms with van der Waals surface area (Å²) in [4.78, 5) is 31.6. The quantitative estimate of drug-likeness (QED) is 0.290. The van der Waals surface area contributed by atoms with E-state index in [4.69, 9.17) is 0 Å². The van der Waals surface area contributed by atoms with Crippen LogP contribution >= 0.6 is 23.1 Å². The number of rotatable bonds is 8. The average molecular weight is 444 g/mol. The Morgan fingerprint density at radius 2 is 2.17 bits per heavy atom. The molecule has 1 amide bonds. The molecule has 1 N–H and O–H groups in total. The Labute approximate surface area is 182 Å². The third kappa shape index (κ3) is 4.88. The normalized spacial score (nSPS) is 11.6. The van der Waals surface area contributed by atoms with E-state index >= 15 is 0 Å². The first kappa shape index (κ1) is 22.0. The number of halogens is 1. The van der Waals surface area contributed by atoms with Gasteiger partial charge in [-0.05, 0) is 37.1 Å². The fraction of sp³-hybridized carbons (Fsp3) is 0.227. The van der Waals surface area contributed by atoms with E-state index in [1.54, 1.807) is 18.2 Å². The molecule has 0 saturated carbocycles. The number of hydrogen-bond acceptors (Lipinski definition) is 5. The number of thioether (sulfide) groups is 1. The molecule has 0 aliphatic heterocycles. The summed E-state index contributed by atoms with van der Waals surface area (Å²) in [6, 6.07) is 7.85. The van der Waals surface area contributed by atoms with Gasteiger partial charge in [0, 0.05) is 11.4 Å². The fourth-order valence-electron chi connectivity index (χ4n) is 2.88. The van der Waals surface area contributed by atoms with Crippen LogP contribution in [0.4, 0.5) is 10.1 Å². The van der Waals surface area contributed by atoms with Gasteiger partial charge in [-0.15, -0.1) is 17.9 Å².